The van der Waals surface area contributed by atoms with Gasteiger partial charge in [-0.1, -0.05) is 47.5 Å². The maximum absolute atomic E-state index is 13.1. The van der Waals surface area contributed by atoms with Crippen LogP contribution in [0.4, 0.5) is 10.5 Å². The molecule has 3 aromatic rings. The number of carbonyl (C=O) groups excluding carboxylic acids is 1. The molecule has 0 radical (unpaired) electrons. The third kappa shape index (κ3) is 10.4. The van der Waals surface area contributed by atoms with Crippen molar-refractivity contribution < 1.29 is 24.2 Å². The second-order valence-corrected chi connectivity index (χ2v) is 10.0. The Morgan fingerprint density at radius 1 is 0.974 bits per heavy atom. The highest BCUT2D eigenvalue weighted by Crippen LogP contribution is 2.20. The average molecular weight is 574 g/mol. The van der Waals surface area contributed by atoms with Gasteiger partial charge in [0.05, 0.1) is 6.54 Å². The summed E-state index contributed by atoms with van der Waals surface area (Å²) in [6.07, 6.45) is 0.826. The lowest BCUT2D eigenvalue weighted by Crippen LogP contribution is -2.38. The zero-order chi connectivity index (χ0) is 28.2. The number of nitrogens with zero attached hydrogens (tertiary/aromatic N) is 1. The molecule has 0 aliphatic heterocycles. The summed E-state index contributed by atoms with van der Waals surface area (Å²) in [5, 5.41) is 13.4. The molecule has 0 heterocycles. The summed E-state index contributed by atoms with van der Waals surface area (Å²) in [7, 11) is 0. The van der Waals surface area contributed by atoms with Gasteiger partial charge >= 0.3 is 12.0 Å². The lowest BCUT2D eigenvalue weighted by atomic mass is 10.1. The normalized spacial score (nSPS) is 11.6. The maximum atomic E-state index is 13.1. The average Bonchev–Trinajstić information content (AvgIpc) is 2.88. The Labute approximate surface area is 239 Å². The molecule has 9 heteroatoms. The van der Waals surface area contributed by atoms with E-state index in [1.165, 1.54) is 0 Å². The summed E-state index contributed by atoms with van der Waals surface area (Å²) >= 11 is 12.3. The number of aliphatic carboxylic acids is 1. The molecule has 7 nitrogen and oxygen atoms in total. The summed E-state index contributed by atoms with van der Waals surface area (Å²) in [6, 6.07) is 20.1. The molecule has 3 aromatic carbocycles. The number of ether oxygens (including phenoxy) is 2. The summed E-state index contributed by atoms with van der Waals surface area (Å²) < 4.78 is 11.2. The van der Waals surface area contributed by atoms with Crippen molar-refractivity contribution in [2.24, 2.45) is 0 Å². The molecule has 2 N–H and O–H groups in total. The van der Waals surface area contributed by atoms with Gasteiger partial charge in [-0.2, -0.15) is 0 Å². The zero-order valence-electron chi connectivity index (χ0n) is 22.2. The van der Waals surface area contributed by atoms with E-state index in [-0.39, 0.29) is 12.5 Å². The Balaban J connectivity index is 1.58. The minimum atomic E-state index is -0.986. The number of rotatable bonds is 14. The van der Waals surface area contributed by atoms with E-state index in [1.54, 1.807) is 30.0 Å². The second-order valence-electron chi connectivity index (χ2n) is 9.15. The number of hydrogen-bond donors (Lipinski definition) is 2. The highest BCUT2D eigenvalue weighted by molar-refractivity contribution is 6.34. The molecule has 3 rings (SSSR count). The molecule has 1 unspecified atom stereocenters. The molecular weight excluding hydrogens is 539 g/mol. The third-order valence-electron chi connectivity index (χ3n) is 5.99. The van der Waals surface area contributed by atoms with Gasteiger partial charge in [-0.25, -0.2) is 9.59 Å². The summed E-state index contributed by atoms with van der Waals surface area (Å²) in [4.78, 5) is 26.2. The zero-order valence-corrected chi connectivity index (χ0v) is 23.7. The number of hydrogen-bond acceptors (Lipinski definition) is 4. The number of nitrogens with one attached hydrogen (secondary N) is 1. The number of carboxylic acids is 1. The van der Waals surface area contributed by atoms with E-state index in [1.807, 2.05) is 55.5 Å². The van der Waals surface area contributed by atoms with Crippen LogP contribution in [-0.2, 0) is 22.4 Å². The van der Waals surface area contributed by atoms with Gasteiger partial charge in [0.1, 0.15) is 12.4 Å². The van der Waals surface area contributed by atoms with Gasteiger partial charge < -0.3 is 24.8 Å². The molecule has 0 bridgehead atoms. The van der Waals surface area contributed by atoms with Crippen molar-refractivity contribution in [3.63, 3.8) is 0 Å². The molecule has 0 saturated heterocycles. The van der Waals surface area contributed by atoms with Crippen molar-refractivity contribution in [1.29, 1.82) is 0 Å². The third-order valence-corrected chi connectivity index (χ3v) is 6.43. The Morgan fingerprint density at radius 3 is 2.33 bits per heavy atom. The van der Waals surface area contributed by atoms with Crippen LogP contribution < -0.4 is 10.1 Å². The summed E-state index contributed by atoms with van der Waals surface area (Å²) in [6.45, 7) is 5.25. The number of carbonyl (C=O) groups is 2. The Bertz CT molecular complexity index is 1220. The molecule has 1 atom stereocenters. The van der Waals surface area contributed by atoms with E-state index < -0.39 is 12.1 Å². The summed E-state index contributed by atoms with van der Waals surface area (Å²) in [5.41, 5.74) is 3.63. The van der Waals surface area contributed by atoms with Gasteiger partial charge in [0, 0.05) is 35.3 Å². The predicted molar refractivity (Wildman–Crippen MR) is 155 cm³/mol. The second kappa shape index (κ2) is 15.4. The van der Waals surface area contributed by atoms with Crippen LogP contribution in [0.5, 0.6) is 5.75 Å². The van der Waals surface area contributed by atoms with Gasteiger partial charge in [0.2, 0.25) is 0 Å². The van der Waals surface area contributed by atoms with Crippen molar-refractivity contribution in [3.8, 4) is 5.75 Å². The molecule has 0 aliphatic carbocycles. The first-order chi connectivity index (χ1) is 18.7. The van der Waals surface area contributed by atoms with Gasteiger partial charge in [0.25, 0.3) is 0 Å². The standard InChI is InChI=1S/C30H34Cl2N2O5/c1-3-38-28(29(35)36)19-22-9-11-27(12-10-22)39-15-14-34(30(37)33-26-8-4-6-21(2)16-26)13-5-7-23-17-24(31)20-25(32)18-23/h4,6,8-12,16-18,20,28H,3,5,7,13-15,19H2,1-2H3,(H,33,37)(H,35,36). The van der Waals surface area contributed by atoms with Crippen molar-refractivity contribution in [2.45, 2.75) is 39.2 Å². The largest absolute Gasteiger partial charge is 0.492 e. The molecular formula is C30H34Cl2N2O5. The first-order valence-corrected chi connectivity index (χ1v) is 13.6. The van der Waals surface area contributed by atoms with Crippen LogP contribution in [0.15, 0.2) is 66.7 Å². The number of halogens is 2. The van der Waals surface area contributed by atoms with Gasteiger partial charge in [-0.05, 0) is 85.8 Å². The van der Waals surface area contributed by atoms with Crippen LogP contribution in [0.2, 0.25) is 10.0 Å². The molecule has 0 aliphatic rings. The maximum Gasteiger partial charge on any atom is 0.333 e. The van der Waals surface area contributed by atoms with Crippen molar-refractivity contribution in [2.75, 3.05) is 31.6 Å². The monoisotopic (exact) mass is 572 g/mol. The van der Waals surface area contributed by atoms with E-state index in [0.29, 0.717) is 42.1 Å². The lowest BCUT2D eigenvalue weighted by Gasteiger charge is -2.23. The van der Waals surface area contributed by atoms with E-state index in [2.05, 4.69) is 5.32 Å². The molecule has 0 saturated carbocycles. The number of carboxylic acid groups (broad SMARTS) is 1. The van der Waals surface area contributed by atoms with Crippen molar-refractivity contribution in [1.82, 2.24) is 4.90 Å². The molecule has 39 heavy (non-hydrogen) atoms. The fourth-order valence-corrected chi connectivity index (χ4v) is 4.67. The van der Waals surface area contributed by atoms with Crippen LogP contribution in [0.1, 0.15) is 30.0 Å². The SMILES string of the molecule is CCOC(Cc1ccc(OCCN(CCCc2cc(Cl)cc(Cl)c2)C(=O)Nc2cccc(C)c2)cc1)C(=O)O. The van der Waals surface area contributed by atoms with Gasteiger partial charge in [-0.3, -0.25) is 0 Å². The Kier molecular flexibility index (Phi) is 11.9. The minimum absolute atomic E-state index is 0.209. The summed E-state index contributed by atoms with van der Waals surface area (Å²) in [5.74, 6) is -0.352. The van der Waals surface area contributed by atoms with Crippen LogP contribution in [-0.4, -0.2) is 54.4 Å². The number of aryl methyl sites for hydroxylation is 2. The van der Waals surface area contributed by atoms with Gasteiger partial charge in [0.15, 0.2) is 6.10 Å². The highest BCUT2D eigenvalue weighted by atomic mass is 35.5. The number of urea groups is 1. The fraction of sp³-hybridized carbons (Fsp3) is 0.333. The fourth-order valence-electron chi connectivity index (χ4n) is 4.10. The first kappa shape index (κ1) is 30.3. The van der Waals surface area contributed by atoms with E-state index in [4.69, 9.17) is 32.7 Å². The minimum Gasteiger partial charge on any atom is -0.492 e. The van der Waals surface area contributed by atoms with Crippen LogP contribution in [0.3, 0.4) is 0 Å². The molecule has 0 spiro atoms. The molecule has 0 aromatic heterocycles. The van der Waals surface area contributed by atoms with E-state index in [0.717, 1.165) is 35.2 Å². The predicted octanol–water partition coefficient (Wildman–Crippen LogP) is 6.88. The van der Waals surface area contributed by atoms with Gasteiger partial charge in [-0.15, -0.1) is 0 Å². The van der Waals surface area contributed by atoms with Crippen LogP contribution in [0.25, 0.3) is 0 Å². The Hall–Kier alpha value is -3.26. The molecule has 208 valence electrons. The number of amides is 2. The number of anilines is 1. The first-order valence-electron chi connectivity index (χ1n) is 12.9. The van der Waals surface area contributed by atoms with E-state index >= 15 is 0 Å². The quantitative estimate of drug-likeness (QED) is 0.220. The van der Waals surface area contributed by atoms with Crippen LogP contribution >= 0.6 is 23.2 Å². The van der Waals surface area contributed by atoms with Crippen LogP contribution in [0, 0.1) is 6.92 Å². The topological polar surface area (TPSA) is 88.1 Å². The van der Waals surface area contributed by atoms with Crippen molar-refractivity contribution >= 4 is 40.9 Å². The smallest absolute Gasteiger partial charge is 0.333 e. The Morgan fingerprint density at radius 2 is 1.69 bits per heavy atom. The van der Waals surface area contributed by atoms with E-state index in [9.17, 15) is 14.7 Å². The highest BCUT2D eigenvalue weighted by Gasteiger charge is 2.18. The van der Waals surface area contributed by atoms with Crippen molar-refractivity contribution in [3.05, 3.63) is 93.5 Å². The molecule has 2 amide bonds. The number of benzene rings is 3. The lowest BCUT2D eigenvalue weighted by molar-refractivity contribution is -0.149. The molecule has 0 fully saturated rings.